The second-order valence-corrected chi connectivity index (χ2v) is 5.16. The average molecular weight is 267 g/mol. The van der Waals surface area contributed by atoms with Crippen molar-refractivity contribution < 1.29 is 4.79 Å². The molecule has 0 bridgehead atoms. The Kier molecular flexibility index (Phi) is 3.24. The Hall–Kier alpha value is -2.20. The average Bonchev–Trinajstić information content (AvgIpc) is 3.31. The summed E-state index contributed by atoms with van der Waals surface area (Å²) >= 11 is 0. The van der Waals surface area contributed by atoms with Gasteiger partial charge >= 0.3 is 0 Å². The molecule has 0 spiro atoms. The molecule has 1 aliphatic carbocycles. The van der Waals surface area contributed by atoms with E-state index in [0.717, 1.165) is 24.0 Å². The second-order valence-electron chi connectivity index (χ2n) is 5.16. The van der Waals surface area contributed by atoms with Gasteiger partial charge in [0.05, 0.1) is 5.41 Å². The van der Waals surface area contributed by atoms with Crippen LogP contribution >= 0.6 is 0 Å². The fourth-order valence-electron chi connectivity index (χ4n) is 2.38. The first kappa shape index (κ1) is 12.8. The molecule has 4 nitrogen and oxygen atoms in total. The van der Waals surface area contributed by atoms with E-state index < -0.39 is 0 Å². The number of carbonyl (C=O) groups excluding carboxylic acids is 1. The summed E-state index contributed by atoms with van der Waals surface area (Å²) in [4.78, 5) is 16.7. The second kappa shape index (κ2) is 5.06. The monoisotopic (exact) mass is 267 g/mol. The van der Waals surface area contributed by atoms with Crippen LogP contribution in [0.4, 0.5) is 5.82 Å². The van der Waals surface area contributed by atoms with Gasteiger partial charge in [0.25, 0.3) is 0 Å². The summed E-state index contributed by atoms with van der Waals surface area (Å²) in [5.74, 6) is 0.603. The van der Waals surface area contributed by atoms with E-state index in [1.165, 1.54) is 0 Å². The molecule has 0 saturated heterocycles. The largest absolute Gasteiger partial charge is 0.326 e. The molecule has 0 atom stereocenters. The Balaban J connectivity index is 1.76. The molecule has 20 heavy (non-hydrogen) atoms. The molecular formula is C16H17N3O. The highest BCUT2D eigenvalue weighted by Crippen LogP contribution is 2.48. The lowest BCUT2D eigenvalue weighted by molar-refractivity contribution is -0.118. The standard InChI is InChI=1S/C16H17N3O/c17-10-12-6-7-14(18-11-12)19-15(20)16(8-9-16)13-4-2-1-3-5-13/h1-7,11H,8-10,17H2,(H,18,19,20). The highest BCUT2D eigenvalue weighted by atomic mass is 16.2. The Labute approximate surface area is 118 Å². The van der Waals surface area contributed by atoms with Crippen molar-refractivity contribution in [1.82, 2.24) is 4.98 Å². The molecule has 0 radical (unpaired) electrons. The number of benzene rings is 1. The molecule has 3 N–H and O–H groups in total. The number of anilines is 1. The molecule has 1 aliphatic rings. The van der Waals surface area contributed by atoms with E-state index >= 15 is 0 Å². The lowest BCUT2D eigenvalue weighted by Gasteiger charge is -2.15. The van der Waals surface area contributed by atoms with Crippen molar-refractivity contribution in [2.24, 2.45) is 5.73 Å². The van der Waals surface area contributed by atoms with Crippen molar-refractivity contribution in [2.75, 3.05) is 5.32 Å². The van der Waals surface area contributed by atoms with Gasteiger partial charge in [-0.15, -0.1) is 0 Å². The number of aromatic nitrogens is 1. The van der Waals surface area contributed by atoms with Gasteiger partial charge in [-0.3, -0.25) is 4.79 Å². The summed E-state index contributed by atoms with van der Waals surface area (Å²) in [6, 6.07) is 13.6. The fraction of sp³-hybridized carbons (Fsp3) is 0.250. The van der Waals surface area contributed by atoms with Gasteiger partial charge in [-0.1, -0.05) is 36.4 Å². The van der Waals surface area contributed by atoms with Crippen LogP contribution in [-0.2, 0) is 16.8 Å². The molecule has 1 fully saturated rings. The summed E-state index contributed by atoms with van der Waals surface area (Å²) in [5.41, 5.74) is 7.19. The van der Waals surface area contributed by atoms with E-state index in [-0.39, 0.29) is 11.3 Å². The minimum atomic E-state index is -0.366. The minimum absolute atomic E-state index is 0.0247. The lowest BCUT2D eigenvalue weighted by Crippen LogP contribution is -2.28. The van der Waals surface area contributed by atoms with E-state index in [4.69, 9.17) is 5.73 Å². The number of pyridine rings is 1. The molecule has 2 aromatic rings. The third kappa shape index (κ3) is 2.30. The highest BCUT2D eigenvalue weighted by Gasteiger charge is 2.51. The van der Waals surface area contributed by atoms with Crippen LogP contribution in [-0.4, -0.2) is 10.9 Å². The molecular weight excluding hydrogens is 250 g/mol. The first-order chi connectivity index (χ1) is 9.74. The quantitative estimate of drug-likeness (QED) is 0.892. The van der Waals surface area contributed by atoms with Crippen LogP contribution in [0.25, 0.3) is 0 Å². The predicted octanol–water partition coefficient (Wildman–Crippen LogP) is 2.21. The van der Waals surface area contributed by atoms with Crippen molar-refractivity contribution in [3.8, 4) is 0 Å². The third-order valence-electron chi connectivity index (χ3n) is 3.81. The van der Waals surface area contributed by atoms with Crippen LogP contribution in [0, 0.1) is 0 Å². The topological polar surface area (TPSA) is 68.0 Å². The van der Waals surface area contributed by atoms with Crippen LogP contribution < -0.4 is 11.1 Å². The van der Waals surface area contributed by atoms with E-state index in [0.29, 0.717) is 12.4 Å². The number of nitrogens with two attached hydrogens (primary N) is 1. The van der Waals surface area contributed by atoms with Gasteiger partial charge in [0.15, 0.2) is 0 Å². The maximum Gasteiger partial charge on any atom is 0.236 e. The SMILES string of the molecule is NCc1ccc(NC(=O)C2(c3ccccc3)CC2)nc1. The number of nitrogens with zero attached hydrogens (tertiary/aromatic N) is 1. The first-order valence-corrected chi connectivity index (χ1v) is 6.76. The maximum atomic E-state index is 12.5. The normalized spacial score (nSPS) is 15.7. The van der Waals surface area contributed by atoms with Gasteiger partial charge in [0, 0.05) is 12.7 Å². The van der Waals surface area contributed by atoms with Gasteiger partial charge in [0.2, 0.25) is 5.91 Å². The van der Waals surface area contributed by atoms with Gasteiger partial charge in [-0.2, -0.15) is 0 Å². The van der Waals surface area contributed by atoms with E-state index in [2.05, 4.69) is 10.3 Å². The molecule has 102 valence electrons. The molecule has 1 aromatic heterocycles. The van der Waals surface area contributed by atoms with Gasteiger partial charge in [-0.25, -0.2) is 4.98 Å². The van der Waals surface area contributed by atoms with E-state index in [1.807, 2.05) is 36.4 Å². The molecule has 1 saturated carbocycles. The van der Waals surface area contributed by atoms with E-state index in [9.17, 15) is 4.79 Å². The molecule has 4 heteroatoms. The van der Waals surface area contributed by atoms with Crippen LogP contribution in [0.1, 0.15) is 24.0 Å². The summed E-state index contributed by atoms with van der Waals surface area (Å²) < 4.78 is 0. The van der Waals surface area contributed by atoms with Crippen molar-refractivity contribution >= 4 is 11.7 Å². The van der Waals surface area contributed by atoms with Crippen LogP contribution in [0.3, 0.4) is 0 Å². The molecule has 0 unspecified atom stereocenters. The van der Waals surface area contributed by atoms with Crippen molar-refractivity contribution in [3.05, 3.63) is 59.8 Å². The smallest absolute Gasteiger partial charge is 0.236 e. The Morgan fingerprint density at radius 3 is 2.50 bits per heavy atom. The van der Waals surface area contributed by atoms with Crippen molar-refractivity contribution in [2.45, 2.75) is 24.8 Å². The number of amides is 1. The van der Waals surface area contributed by atoms with Crippen LogP contribution in [0.2, 0.25) is 0 Å². The highest BCUT2D eigenvalue weighted by molar-refractivity contribution is 6.00. The minimum Gasteiger partial charge on any atom is -0.326 e. The molecule has 0 aliphatic heterocycles. The van der Waals surface area contributed by atoms with Gasteiger partial charge < -0.3 is 11.1 Å². The van der Waals surface area contributed by atoms with Crippen LogP contribution in [0.5, 0.6) is 0 Å². The van der Waals surface area contributed by atoms with Gasteiger partial charge in [-0.05, 0) is 30.0 Å². The fourth-order valence-corrected chi connectivity index (χ4v) is 2.38. The summed E-state index contributed by atoms with van der Waals surface area (Å²) in [7, 11) is 0. The van der Waals surface area contributed by atoms with Gasteiger partial charge in [0.1, 0.15) is 5.82 Å². The molecule has 1 aromatic carbocycles. The van der Waals surface area contributed by atoms with Crippen molar-refractivity contribution in [1.29, 1.82) is 0 Å². The Morgan fingerprint density at radius 2 is 1.95 bits per heavy atom. The number of hydrogen-bond acceptors (Lipinski definition) is 3. The lowest BCUT2D eigenvalue weighted by atomic mass is 9.95. The summed E-state index contributed by atoms with van der Waals surface area (Å²) in [6.07, 6.45) is 3.48. The predicted molar refractivity (Wildman–Crippen MR) is 78.1 cm³/mol. The Morgan fingerprint density at radius 1 is 1.20 bits per heavy atom. The summed E-state index contributed by atoms with van der Waals surface area (Å²) in [6.45, 7) is 0.454. The number of rotatable bonds is 4. The zero-order valence-electron chi connectivity index (χ0n) is 11.2. The number of carbonyl (C=O) groups is 1. The Bertz CT molecular complexity index is 603. The zero-order chi connectivity index (χ0) is 14.0. The third-order valence-corrected chi connectivity index (χ3v) is 3.81. The molecule has 1 heterocycles. The van der Waals surface area contributed by atoms with E-state index in [1.54, 1.807) is 12.3 Å². The first-order valence-electron chi connectivity index (χ1n) is 6.76. The molecule has 3 rings (SSSR count). The van der Waals surface area contributed by atoms with Crippen molar-refractivity contribution in [3.63, 3.8) is 0 Å². The summed E-state index contributed by atoms with van der Waals surface area (Å²) in [5, 5.41) is 2.90. The molecule has 1 amide bonds. The number of hydrogen-bond donors (Lipinski definition) is 2. The maximum absolute atomic E-state index is 12.5. The van der Waals surface area contributed by atoms with Crippen LogP contribution in [0.15, 0.2) is 48.7 Å². The number of nitrogens with one attached hydrogen (secondary N) is 1. The zero-order valence-corrected chi connectivity index (χ0v) is 11.2.